The quantitative estimate of drug-likeness (QED) is 0.901. The molecule has 2 aromatic rings. The number of likely N-dealkylation sites (N-methyl/N-ethyl adjacent to an activating group) is 1. The second-order valence-electron chi connectivity index (χ2n) is 3.80. The van der Waals surface area contributed by atoms with Gasteiger partial charge in [-0.3, -0.25) is 0 Å². The molecule has 0 aliphatic rings. The molecule has 0 saturated heterocycles. The van der Waals surface area contributed by atoms with Crippen LogP contribution in [0.25, 0.3) is 0 Å². The molecule has 1 atom stereocenters. The highest BCUT2D eigenvalue weighted by molar-refractivity contribution is 6.30. The summed E-state index contributed by atoms with van der Waals surface area (Å²) >= 11 is 5.86. The van der Waals surface area contributed by atoms with Gasteiger partial charge in [0.2, 0.25) is 0 Å². The Balaban J connectivity index is 2.21. The standard InChI is InChI=1S/C13H13ClFNO/c1-16-12(13-3-2-6-17-13)8-9-7-10(14)4-5-11(9)15/h2-7,12,16H,8H2,1H3. The predicted octanol–water partition coefficient (Wildman–Crippen LogP) is 3.58. The van der Waals surface area contributed by atoms with Gasteiger partial charge in [-0.1, -0.05) is 11.6 Å². The zero-order chi connectivity index (χ0) is 12.3. The van der Waals surface area contributed by atoms with Crippen LogP contribution in [0.3, 0.4) is 0 Å². The summed E-state index contributed by atoms with van der Waals surface area (Å²) in [4.78, 5) is 0. The van der Waals surface area contributed by atoms with Crippen LogP contribution >= 0.6 is 11.6 Å². The number of hydrogen-bond acceptors (Lipinski definition) is 2. The molecule has 1 N–H and O–H groups in total. The molecule has 0 spiro atoms. The second-order valence-corrected chi connectivity index (χ2v) is 4.23. The van der Waals surface area contributed by atoms with E-state index in [1.165, 1.54) is 6.07 Å². The van der Waals surface area contributed by atoms with Gasteiger partial charge in [-0.15, -0.1) is 0 Å². The van der Waals surface area contributed by atoms with Gasteiger partial charge >= 0.3 is 0 Å². The van der Waals surface area contributed by atoms with Gasteiger partial charge in [0, 0.05) is 5.02 Å². The van der Waals surface area contributed by atoms with E-state index in [-0.39, 0.29) is 11.9 Å². The van der Waals surface area contributed by atoms with Crippen molar-refractivity contribution in [2.45, 2.75) is 12.5 Å². The minimum absolute atomic E-state index is 0.0574. The van der Waals surface area contributed by atoms with E-state index in [9.17, 15) is 4.39 Å². The summed E-state index contributed by atoms with van der Waals surface area (Å²) in [6.07, 6.45) is 2.10. The van der Waals surface area contributed by atoms with Gasteiger partial charge in [0.25, 0.3) is 0 Å². The first-order valence-corrected chi connectivity index (χ1v) is 5.73. The normalized spacial score (nSPS) is 12.6. The molecule has 2 nitrogen and oxygen atoms in total. The molecule has 0 amide bonds. The smallest absolute Gasteiger partial charge is 0.126 e. The Morgan fingerprint density at radius 3 is 2.88 bits per heavy atom. The van der Waals surface area contributed by atoms with E-state index in [0.717, 1.165) is 5.76 Å². The van der Waals surface area contributed by atoms with Crippen LogP contribution in [0.5, 0.6) is 0 Å². The van der Waals surface area contributed by atoms with E-state index < -0.39 is 0 Å². The van der Waals surface area contributed by atoms with Crippen molar-refractivity contribution in [3.05, 3.63) is 58.8 Å². The maximum absolute atomic E-state index is 13.6. The van der Waals surface area contributed by atoms with Crippen LogP contribution in [-0.2, 0) is 6.42 Å². The number of rotatable bonds is 4. The zero-order valence-electron chi connectivity index (χ0n) is 9.41. The molecule has 0 bridgehead atoms. The molecule has 17 heavy (non-hydrogen) atoms. The minimum Gasteiger partial charge on any atom is -0.468 e. The van der Waals surface area contributed by atoms with E-state index in [4.69, 9.17) is 16.0 Å². The molecule has 0 radical (unpaired) electrons. The van der Waals surface area contributed by atoms with Crippen molar-refractivity contribution in [1.82, 2.24) is 5.32 Å². The van der Waals surface area contributed by atoms with Crippen molar-refractivity contribution in [2.75, 3.05) is 7.05 Å². The maximum atomic E-state index is 13.6. The van der Waals surface area contributed by atoms with E-state index in [0.29, 0.717) is 17.0 Å². The average molecular weight is 254 g/mol. The van der Waals surface area contributed by atoms with Gasteiger partial charge in [0.05, 0.1) is 12.3 Å². The van der Waals surface area contributed by atoms with Crippen molar-refractivity contribution < 1.29 is 8.81 Å². The molecule has 0 aliphatic heterocycles. The largest absolute Gasteiger partial charge is 0.468 e. The molecule has 1 aromatic carbocycles. The lowest BCUT2D eigenvalue weighted by Crippen LogP contribution is -2.18. The average Bonchev–Trinajstić information content (AvgIpc) is 2.84. The lowest BCUT2D eigenvalue weighted by Gasteiger charge is -2.14. The predicted molar refractivity (Wildman–Crippen MR) is 65.6 cm³/mol. The summed E-state index contributed by atoms with van der Waals surface area (Å²) in [6, 6.07) is 8.19. The van der Waals surface area contributed by atoms with Crippen LogP contribution in [0, 0.1) is 5.82 Å². The lowest BCUT2D eigenvalue weighted by atomic mass is 10.0. The second kappa shape index (κ2) is 5.34. The fourth-order valence-electron chi connectivity index (χ4n) is 1.75. The Hall–Kier alpha value is -1.32. The van der Waals surface area contributed by atoms with Gasteiger partial charge in [-0.05, 0) is 49.4 Å². The summed E-state index contributed by atoms with van der Waals surface area (Å²) in [5.74, 6) is 0.535. The van der Waals surface area contributed by atoms with Crippen LogP contribution in [0.2, 0.25) is 5.02 Å². The molecular formula is C13H13ClFNO. The highest BCUT2D eigenvalue weighted by Gasteiger charge is 2.15. The maximum Gasteiger partial charge on any atom is 0.126 e. The van der Waals surface area contributed by atoms with Crippen molar-refractivity contribution in [1.29, 1.82) is 0 Å². The first kappa shape index (κ1) is 12.1. The van der Waals surface area contributed by atoms with Gasteiger partial charge in [-0.25, -0.2) is 4.39 Å². The first-order chi connectivity index (χ1) is 8.20. The third-order valence-electron chi connectivity index (χ3n) is 2.67. The summed E-state index contributed by atoms with van der Waals surface area (Å²) in [7, 11) is 1.82. The Labute approximate surface area is 104 Å². The monoisotopic (exact) mass is 253 g/mol. The molecule has 1 heterocycles. The number of furan rings is 1. The van der Waals surface area contributed by atoms with Crippen molar-refractivity contribution in [3.8, 4) is 0 Å². The lowest BCUT2D eigenvalue weighted by molar-refractivity contribution is 0.425. The Morgan fingerprint density at radius 1 is 1.41 bits per heavy atom. The molecular weight excluding hydrogens is 241 g/mol. The van der Waals surface area contributed by atoms with E-state index >= 15 is 0 Å². The SMILES string of the molecule is CNC(Cc1cc(Cl)ccc1F)c1ccco1. The van der Waals surface area contributed by atoms with Crippen molar-refractivity contribution in [2.24, 2.45) is 0 Å². The van der Waals surface area contributed by atoms with Crippen LogP contribution in [0.1, 0.15) is 17.4 Å². The summed E-state index contributed by atoms with van der Waals surface area (Å²) in [6.45, 7) is 0. The Bertz CT molecular complexity index is 484. The third kappa shape index (κ3) is 2.87. The number of halogens is 2. The number of benzene rings is 1. The summed E-state index contributed by atoms with van der Waals surface area (Å²) in [5, 5.41) is 3.63. The highest BCUT2D eigenvalue weighted by Crippen LogP contribution is 2.22. The van der Waals surface area contributed by atoms with Gasteiger partial charge in [0.1, 0.15) is 11.6 Å². The van der Waals surface area contributed by atoms with Gasteiger partial charge in [-0.2, -0.15) is 0 Å². The van der Waals surface area contributed by atoms with Crippen LogP contribution < -0.4 is 5.32 Å². The molecule has 0 aliphatic carbocycles. The fourth-order valence-corrected chi connectivity index (χ4v) is 1.95. The topological polar surface area (TPSA) is 25.2 Å². The number of hydrogen-bond donors (Lipinski definition) is 1. The number of nitrogens with one attached hydrogen (secondary N) is 1. The zero-order valence-corrected chi connectivity index (χ0v) is 10.2. The highest BCUT2D eigenvalue weighted by atomic mass is 35.5. The van der Waals surface area contributed by atoms with Crippen LogP contribution in [-0.4, -0.2) is 7.05 Å². The molecule has 1 aromatic heterocycles. The Morgan fingerprint density at radius 2 is 2.24 bits per heavy atom. The third-order valence-corrected chi connectivity index (χ3v) is 2.90. The summed E-state index contributed by atoms with van der Waals surface area (Å²) < 4.78 is 18.9. The van der Waals surface area contributed by atoms with Crippen LogP contribution in [0.15, 0.2) is 41.0 Å². The summed E-state index contributed by atoms with van der Waals surface area (Å²) in [5.41, 5.74) is 0.577. The van der Waals surface area contributed by atoms with Gasteiger partial charge in [0.15, 0.2) is 0 Å². The van der Waals surface area contributed by atoms with Crippen molar-refractivity contribution in [3.63, 3.8) is 0 Å². The molecule has 0 fully saturated rings. The van der Waals surface area contributed by atoms with E-state index in [1.54, 1.807) is 18.4 Å². The van der Waals surface area contributed by atoms with Gasteiger partial charge < -0.3 is 9.73 Å². The van der Waals surface area contributed by atoms with Crippen molar-refractivity contribution >= 4 is 11.6 Å². The molecule has 90 valence electrons. The molecule has 0 saturated carbocycles. The fraction of sp³-hybridized carbons (Fsp3) is 0.231. The molecule has 4 heteroatoms. The minimum atomic E-state index is -0.249. The van der Waals surface area contributed by atoms with E-state index in [1.807, 2.05) is 19.2 Å². The first-order valence-electron chi connectivity index (χ1n) is 5.35. The Kier molecular flexibility index (Phi) is 3.82. The molecule has 1 unspecified atom stereocenters. The van der Waals surface area contributed by atoms with Crippen LogP contribution in [0.4, 0.5) is 4.39 Å². The molecule has 2 rings (SSSR count). The van der Waals surface area contributed by atoms with E-state index in [2.05, 4.69) is 5.32 Å².